The fraction of sp³-hybridized carbons (Fsp3) is 0.667. The molecule has 0 spiro atoms. The summed E-state index contributed by atoms with van der Waals surface area (Å²) >= 11 is 0. The number of nitrogens with zero attached hydrogens (tertiary/aromatic N) is 3. The van der Waals surface area contributed by atoms with E-state index in [-0.39, 0.29) is 36.2 Å². The predicted molar refractivity (Wildman–Crippen MR) is 72.0 cm³/mol. The standard InChI is InChI=1S/C12H20N4O4/c1-12(2,3)10(4-5-17)14-11(18)8-15-7-9(6-13-15)16(19)20/h6-7,10,17H,4-5,8H2,1-3H3,(H,14,18). The van der Waals surface area contributed by atoms with E-state index in [9.17, 15) is 14.9 Å². The molecule has 1 heterocycles. The third kappa shape index (κ3) is 4.61. The van der Waals surface area contributed by atoms with Gasteiger partial charge >= 0.3 is 5.69 Å². The van der Waals surface area contributed by atoms with Crippen molar-refractivity contribution in [2.45, 2.75) is 39.8 Å². The van der Waals surface area contributed by atoms with Crippen molar-refractivity contribution in [3.63, 3.8) is 0 Å². The molecule has 0 saturated carbocycles. The number of aliphatic hydroxyl groups is 1. The second kappa shape index (κ2) is 6.47. The Labute approximate surface area is 116 Å². The van der Waals surface area contributed by atoms with Crippen LogP contribution in [0.4, 0.5) is 5.69 Å². The first-order valence-electron chi connectivity index (χ1n) is 6.31. The summed E-state index contributed by atoms with van der Waals surface area (Å²) in [7, 11) is 0. The van der Waals surface area contributed by atoms with Crippen molar-refractivity contribution in [2.75, 3.05) is 6.61 Å². The highest BCUT2D eigenvalue weighted by molar-refractivity contribution is 5.76. The van der Waals surface area contributed by atoms with Gasteiger partial charge in [-0.05, 0) is 11.8 Å². The van der Waals surface area contributed by atoms with Gasteiger partial charge < -0.3 is 10.4 Å². The molecule has 8 heteroatoms. The average molecular weight is 284 g/mol. The Hall–Kier alpha value is -1.96. The molecule has 20 heavy (non-hydrogen) atoms. The predicted octanol–water partition coefficient (Wildman–Crippen LogP) is 0.705. The number of aromatic nitrogens is 2. The van der Waals surface area contributed by atoms with Crippen LogP contribution in [0.5, 0.6) is 0 Å². The summed E-state index contributed by atoms with van der Waals surface area (Å²) in [6, 6.07) is -0.175. The van der Waals surface area contributed by atoms with Crippen LogP contribution in [0.25, 0.3) is 0 Å². The van der Waals surface area contributed by atoms with Gasteiger partial charge in [0, 0.05) is 12.6 Å². The van der Waals surface area contributed by atoms with Crippen LogP contribution in [0.2, 0.25) is 0 Å². The summed E-state index contributed by atoms with van der Waals surface area (Å²) in [4.78, 5) is 21.9. The van der Waals surface area contributed by atoms with Gasteiger partial charge in [0.2, 0.25) is 5.91 Å². The number of hydrogen-bond donors (Lipinski definition) is 2. The minimum absolute atomic E-state index is 0.0184. The zero-order chi connectivity index (χ0) is 15.3. The molecule has 8 nitrogen and oxygen atoms in total. The van der Waals surface area contributed by atoms with Crippen molar-refractivity contribution < 1.29 is 14.8 Å². The van der Waals surface area contributed by atoms with E-state index >= 15 is 0 Å². The summed E-state index contributed by atoms with van der Waals surface area (Å²) in [5.41, 5.74) is -0.338. The minimum Gasteiger partial charge on any atom is -0.396 e. The lowest BCUT2D eigenvalue weighted by Gasteiger charge is -2.31. The number of hydrogen-bond acceptors (Lipinski definition) is 5. The Kier molecular flexibility index (Phi) is 5.20. The molecule has 0 radical (unpaired) electrons. The van der Waals surface area contributed by atoms with Crippen molar-refractivity contribution in [3.05, 3.63) is 22.5 Å². The summed E-state index contributed by atoms with van der Waals surface area (Å²) in [5.74, 6) is -0.295. The quantitative estimate of drug-likeness (QED) is 0.590. The Balaban J connectivity index is 2.63. The van der Waals surface area contributed by atoms with Gasteiger partial charge in [-0.2, -0.15) is 5.10 Å². The van der Waals surface area contributed by atoms with Gasteiger partial charge in [-0.3, -0.25) is 19.6 Å². The molecule has 112 valence electrons. The van der Waals surface area contributed by atoms with E-state index in [2.05, 4.69) is 10.4 Å². The highest BCUT2D eigenvalue weighted by Crippen LogP contribution is 2.21. The van der Waals surface area contributed by atoms with E-state index in [1.807, 2.05) is 20.8 Å². The van der Waals surface area contributed by atoms with E-state index < -0.39 is 4.92 Å². The van der Waals surface area contributed by atoms with Gasteiger partial charge in [0.25, 0.3) is 0 Å². The number of nitro groups is 1. The van der Waals surface area contributed by atoms with Gasteiger partial charge in [-0.1, -0.05) is 20.8 Å². The molecule has 1 rings (SSSR count). The van der Waals surface area contributed by atoms with E-state index in [1.54, 1.807) is 0 Å². The number of aliphatic hydroxyl groups excluding tert-OH is 1. The van der Waals surface area contributed by atoms with Crippen LogP contribution in [0.15, 0.2) is 12.4 Å². The number of carbonyl (C=O) groups is 1. The highest BCUT2D eigenvalue weighted by atomic mass is 16.6. The monoisotopic (exact) mass is 284 g/mol. The van der Waals surface area contributed by atoms with Crippen LogP contribution in [-0.2, 0) is 11.3 Å². The first kappa shape index (κ1) is 16.1. The summed E-state index contributed by atoms with van der Waals surface area (Å²) in [6.45, 7) is 5.78. The molecule has 1 unspecified atom stereocenters. The summed E-state index contributed by atoms with van der Waals surface area (Å²) in [5, 5.41) is 26.1. The highest BCUT2D eigenvalue weighted by Gasteiger charge is 2.25. The Morgan fingerprint density at radius 2 is 2.25 bits per heavy atom. The minimum atomic E-state index is -0.564. The maximum Gasteiger partial charge on any atom is 0.307 e. The van der Waals surface area contributed by atoms with Crippen molar-refractivity contribution in [1.82, 2.24) is 15.1 Å². The molecule has 1 aromatic heterocycles. The summed E-state index contributed by atoms with van der Waals surface area (Å²) < 4.78 is 1.21. The molecule has 1 amide bonds. The van der Waals surface area contributed by atoms with Crippen LogP contribution in [0.1, 0.15) is 27.2 Å². The molecule has 0 bridgehead atoms. The van der Waals surface area contributed by atoms with Crippen molar-refractivity contribution in [3.8, 4) is 0 Å². The Morgan fingerprint density at radius 3 is 2.70 bits per heavy atom. The average Bonchev–Trinajstić information content (AvgIpc) is 2.75. The number of rotatable bonds is 6. The van der Waals surface area contributed by atoms with Crippen molar-refractivity contribution in [1.29, 1.82) is 0 Å². The van der Waals surface area contributed by atoms with Crippen LogP contribution in [0.3, 0.4) is 0 Å². The number of amides is 1. The van der Waals surface area contributed by atoms with Crippen LogP contribution < -0.4 is 5.32 Å². The lowest BCUT2D eigenvalue weighted by molar-refractivity contribution is -0.385. The Morgan fingerprint density at radius 1 is 1.60 bits per heavy atom. The second-order valence-corrected chi connectivity index (χ2v) is 5.65. The maximum atomic E-state index is 11.9. The Bertz CT molecular complexity index is 478. The lowest BCUT2D eigenvalue weighted by Crippen LogP contribution is -2.45. The lowest BCUT2D eigenvalue weighted by atomic mass is 9.85. The maximum absolute atomic E-state index is 11.9. The van der Waals surface area contributed by atoms with Crippen LogP contribution >= 0.6 is 0 Å². The topological polar surface area (TPSA) is 110 Å². The second-order valence-electron chi connectivity index (χ2n) is 5.65. The van der Waals surface area contributed by atoms with Crippen molar-refractivity contribution >= 4 is 11.6 Å². The molecule has 0 fully saturated rings. The normalized spacial score (nSPS) is 13.0. The zero-order valence-corrected chi connectivity index (χ0v) is 11.9. The molecule has 0 aliphatic rings. The molecule has 1 atom stereocenters. The van der Waals surface area contributed by atoms with Crippen LogP contribution in [-0.4, -0.2) is 38.4 Å². The van der Waals surface area contributed by atoms with Gasteiger partial charge in [0.05, 0.1) is 4.92 Å². The molecule has 1 aromatic rings. The molecule has 0 aliphatic heterocycles. The largest absolute Gasteiger partial charge is 0.396 e. The van der Waals surface area contributed by atoms with E-state index in [0.717, 1.165) is 6.20 Å². The fourth-order valence-electron chi connectivity index (χ4n) is 1.77. The van der Waals surface area contributed by atoms with Crippen LogP contribution in [0, 0.1) is 15.5 Å². The first-order valence-corrected chi connectivity index (χ1v) is 6.31. The third-order valence-electron chi connectivity index (χ3n) is 2.93. The molecular formula is C12H20N4O4. The zero-order valence-electron chi connectivity index (χ0n) is 11.9. The van der Waals surface area contributed by atoms with E-state index in [0.29, 0.717) is 6.42 Å². The molecule has 0 aromatic carbocycles. The summed E-state index contributed by atoms with van der Waals surface area (Å²) in [6.07, 6.45) is 2.76. The van der Waals surface area contributed by atoms with Gasteiger partial charge in [-0.25, -0.2) is 0 Å². The SMILES string of the molecule is CC(C)(C)C(CCO)NC(=O)Cn1cc([N+](=O)[O-])cn1. The van der Waals surface area contributed by atoms with Gasteiger partial charge in [0.1, 0.15) is 18.9 Å². The number of nitrogens with one attached hydrogen (secondary N) is 1. The molecule has 0 aliphatic carbocycles. The van der Waals surface area contributed by atoms with Crippen molar-refractivity contribution in [2.24, 2.45) is 5.41 Å². The molecular weight excluding hydrogens is 264 g/mol. The smallest absolute Gasteiger partial charge is 0.307 e. The first-order chi connectivity index (χ1) is 9.24. The van der Waals surface area contributed by atoms with E-state index in [4.69, 9.17) is 5.11 Å². The number of carbonyl (C=O) groups excluding carboxylic acids is 1. The molecule has 0 saturated heterocycles. The third-order valence-corrected chi connectivity index (χ3v) is 2.93. The van der Waals surface area contributed by atoms with Gasteiger partial charge in [-0.15, -0.1) is 0 Å². The molecule has 2 N–H and O–H groups in total. The fourth-order valence-corrected chi connectivity index (χ4v) is 1.77. The van der Waals surface area contributed by atoms with Gasteiger partial charge in [0.15, 0.2) is 0 Å². The van der Waals surface area contributed by atoms with E-state index in [1.165, 1.54) is 10.9 Å².